The van der Waals surface area contributed by atoms with Crippen molar-refractivity contribution in [3.8, 4) is 0 Å². The molecule has 0 saturated carbocycles. The van der Waals surface area contributed by atoms with Crippen LogP contribution in [0.1, 0.15) is 24.4 Å². The third-order valence-electron chi connectivity index (χ3n) is 2.89. The molecule has 1 N–H and O–H groups in total. The van der Waals surface area contributed by atoms with Crippen LogP contribution in [0.5, 0.6) is 0 Å². The molecule has 4 heteroatoms. The second-order valence-electron chi connectivity index (χ2n) is 3.94. The van der Waals surface area contributed by atoms with Gasteiger partial charge in [-0.3, -0.25) is 4.79 Å². The monoisotopic (exact) mass is 223 g/mol. The molecule has 0 bridgehead atoms. The topological polar surface area (TPSA) is 38.3 Å². The van der Waals surface area contributed by atoms with Gasteiger partial charge in [0.2, 0.25) is 0 Å². The maximum atomic E-state index is 13.5. The largest absolute Gasteiger partial charge is 0.466 e. The number of benzene rings is 1. The molecule has 2 atom stereocenters. The zero-order valence-electron chi connectivity index (χ0n) is 8.86. The summed E-state index contributed by atoms with van der Waals surface area (Å²) in [5.41, 5.74) is 0.691. The zero-order valence-corrected chi connectivity index (χ0v) is 8.86. The van der Waals surface area contributed by atoms with Gasteiger partial charge in [-0.25, -0.2) is 4.39 Å². The predicted octanol–water partition coefficient (Wildman–Crippen LogP) is 1.79. The molecule has 1 saturated heterocycles. The predicted molar refractivity (Wildman–Crippen MR) is 57.3 cm³/mol. The van der Waals surface area contributed by atoms with Crippen molar-refractivity contribution < 1.29 is 13.9 Å². The van der Waals surface area contributed by atoms with Crippen LogP contribution in [0.25, 0.3) is 0 Å². The van der Waals surface area contributed by atoms with E-state index >= 15 is 0 Å². The maximum Gasteiger partial charge on any atom is 0.293 e. The van der Waals surface area contributed by atoms with Crippen molar-refractivity contribution in [2.24, 2.45) is 0 Å². The van der Waals surface area contributed by atoms with Crippen LogP contribution in [-0.4, -0.2) is 19.1 Å². The van der Waals surface area contributed by atoms with Crippen molar-refractivity contribution in [3.63, 3.8) is 0 Å². The van der Waals surface area contributed by atoms with E-state index in [1.165, 1.54) is 6.07 Å². The Morgan fingerprint density at radius 1 is 1.44 bits per heavy atom. The van der Waals surface area contributed by atoms with Gasteiger partial charge in [-0.15, -0.1) is 0 Å². The Labute approximate surface area is 93.6 Å². The van der Waals surface area contributed by atoms with Crippen LogP contribution in [0, 0.1) is 5.82 Å². The fourth-order valence-corrected chi connectivity index (χ4v) is 2.11. The van der Waals surface area contributed by atoms with Gasteiger partial charge in [0, 0.05) is 17.6 Å². The molecule has 1 aliphatic heterocycles. The van der Waals surface area contributed by atoms with E-state index in [2.05, 4.69) is 5.32 Å². The first-order chi connectivity index (χ1) is 7.81. The molecule has 1 heterocycles. The van der Waals surface area contributed by atoms with Gasteiger partial charge < -0.3 is 10.1 Å². The average Bonchev–Trinajstić information content (AvgIpc) is 2.75. The number of nitrogens with one attached hydrogen (secondary N) is 1. The molecule has 16 heavy (non-hydrogen) atoms. The fraction of sp³-hybridized carbons (Fsp3) is 0.417. The lowest BCUT2D eigenvalue weighted by Gasteiger charge is -2.14. The van der Waals surface area contributed by atoms with Gasteiger partial charge in [0.15, 0.2) is 0 Å². The molecular formula is C12H14FNO2. The van der Waals surface area contributed by atoms with Gasteiger partial charge in [-0.05, 0) is 18.9 Å². The number of halogens is 1. The molecule has 0 aliphatic carbocycles. The standard InChI is InChI=1S/C12H14FNO2/c13-11-4-2-1-3-10(11)12-6-5-9(14-12)7-16-8-15/h1-4,8-9,12,14H,5-7H2. The summed E-state index contributed by atoms with van der Waals surface area (Å²) in [6.45, 7) is 0.798. The Kier molecular flexibility index (Phi) is 3.51. The van der Waals surface area contributed by atoms with Crippen LogP contribution in [0.15, 0.2) is 24.3 Å². The SMILES string of the molecule is O=COCC1CCC(c2ccccc2F)N1. The number of hydrogen-bond acceptors (Lipinski definition) is 3. The second-order valence-corrected chi connectivity index (χ2v) is 3.94. The van der Waals surface area contributed by atoms with Crippen LogP contribution in [-0.2, 0) is 9.53 Å². The van der Waals surface area contributed by atoms with E-state index in [9.17, 15) is 9.18 Å². The summed E-state index contributed by atoms with van der Waals surface area (Å²) < 4.78 is 18.2. The highest BCUT2D eigenvalue weighted by Gasteiger charge is 2.26. The number of ether oxygens (including phenoxy) is 1. The Bertz CT molecular complexity index is 370. The molecule has 1 fully saturated rings. The molecule has 1 aromatic rings. The van der Waals surface area contributed by atoms with E-state index in [0.29, 0.717) is 18.6 Å². The summed E-state index contributed by atoms with van der Waals surface area (Å²) in [4.78, 5) is 10.1. The highest BCUT2D eigenvalue weighted by molar-refractivity contribution is 5.37. The van der Waals surface area contributed by atoms with Crippen LogP contribution in [0.2, 0.25) is 0 Å². The van der Waals surface area contributed by atoms with E-state index in [0.717, 1.165) is 12.8 Å². The minimum absolute atomic E-state index is 0.0291. The average molecular weight is 223 g/mol. The quantitative estimate of drug-likeness (QED) is 0.791. The highest BCUT2D eigenvalue weighted by atomic mass is 19.1. The third kappa shape index (κ3) is 2.39. The van der Waals surface area contributed by atoms with Gasteiger partial charge >= 0.3 is 0 Å². The van der Waals surface area contributed by atoms with Crippen LogP contribution >= 0.6 is 0 Å². The van der Waals surface area contributed by atoms with Crippen molar-refractivity contribution >= 4 is 6.47 Å². The van der Waals surface area contributed by atoms with E-state index in [-0.39, 0.29) is 17.9 Å². The number of carbonyl (C=O) groups is 1. The van der Waals surface area contributed by atoms with Crippen molar-refractivity contribution in [1.29, 1.82) is 0 Å². The minimum Gasteiger partial charge on any atom is -0.466 e. The number of carbonyl (C=O) groups excluding carboxylic acids is 1. The third-order valence-corrected chi connectivity index (χ3v) is 2.89. The van der Waals surface area contributed by atoms with E-state index in [1.807, 2.05) is 6.07 Å². The molecule has 0 radical (unpaired) electrons. The molecule has 3 nitrogen and oxygen atoms in total. The van der Waals surface area contributed by atoms with Crippen LogP contribution in [0.4, 0.5) is 4.39 Å². The first-order valence-electron chi connectivity index (χ1n) is 5.37. The maximum absolute atomic E-state index is 13.5. The highest BCUT2D eigenvalue weighted by Crippen LogP contribution is 2.28. The van der Waals surface area contributed by atoms with Crippen LogP contribution < -0.4 is 5.32 Å². The second kappa shape index (κ2) is 5.07. The summed E-state index contributed by atoms with van der Waals surface area (Å²) in [5, 5.41) is 3.26. The van der Waals surface area contributed by atoms with Gasteiger partial charge in [0.25, 0.3) is 6.47 Å². The molecular weight excluding hydrogens is 209 g/mol. The Hall–Kier alpha value is -1.42. The van der Waals surface area contributed by atoms with Gasteiger partial charge in [-0.1, -0.05) is 18.2 Å². The Morgan fingerprint density at radius 3 is 3.00 bits per heavy atom. The minimum atomic E-state index is -0.183. The summed E-state index contributed by atoms with van der Waals surface area (Å²) >= 11 is 0. The Balaban J connectivity index is 1.98. The fourth-order valence-electron chi connectivity index (χ4n) is 2.11. The first-order valence-corrected chi connectivity index (χ1v) is 5.37. The lowest BCUT2D eigenvalue weighted by molar-refractivity contribution is -0.129. The van der Waals surface area contributed by atoms with E-state index in [1.54, 1.807) is 12.1 Å². The molecule has 2 rings (SSSR count). The lowest BCUT2D eigenvalue weighted by atomic mass is 10.0. The smallest absolute Gasteiger partial charge is 0.293 e. The number of hydrogen-bond donors (Lipinski definition) is 1. The van der Waals surface area contributed by atoms with Gasteiger partial charge in [0.1, 0.15) is 12.4 Å². The van der Waals surface area contributed by atoms with Crippen LogP contribution in [0.3, 0.4) is 0 Å². The summed E-state index contributed by atoms with van der Waals surface area (Å²) in [6, 6.07) is 6.93. The molecule has 1 aromatic carbocycles. The van der Waals surface area contributed by atoms with Gasteiger partial charge in [0.05, 0.1) is 0 Å². The molecule has 0 aromatic heterocycles. The Morgan fingerprint density at radius 2 is 2.25 bits per heavy atom. The lowest BCUT2D eigenvalue weighted by Crippen LogP contribution is -2.28. The van der Waals surface area contributed by atoms with E-state index < -0.39 is 0 Å². The van der Waals surface area contributed by atoms with Gasteiger partial charge in [-0.2, -0.15) is 0 Å². The van der Waals surface area contributed by atoms with Crippen molar-refractivity contribution in [2.75, 3.05) is 6.61 Å². The first kappa shape index (κ1) is 11.1. The molecule has 0 amide bonds. The number of rotatable bonds is 4. The summed E-state index contributed by atoms with van der Waals surface area (Å²) in [6.07, 6.45) is 1.76. The molecule has 2 unspecified atom stereocenters. The molecule has 0 spiro atoms. The van der Waals surface area contributed by atoms with Crippen molar-refractivity contribution in [2.45, 2.75) is 24.9 Å². The molecule has 1 aliphatic rings. The summed E-state index contributed by atoms with van der Waals surface area (Å²) in [7, 11) is 0. The van der Waals surface area contributed by atoms with E-state index in [4.69, 9.17) is 4.74 Å². The zero-order chi connectivity index (χ0) is 11.4. The molecule has 86 valence electrons. The summed E-state index contributed by atoms with van der Waals surface area (Å²) in [5.74, 6) is -0.183. The van der Waals surface area contributed by atoms with Crippen molar-refractivity contribution in [1.82, 2.24) is 5.32 Å². The van der Waals surface area contributed by atoms with Crippen molar-refractivity contribution in [3.05, 3.63) is 35.6 Å². The normalized spacial score (nSPS) is 24.3.